The van der Waals surface area contributed by atoms with Gasteiger partial charge < -0.3 is 4.74 Å². The molecule has 178 valence electrons. The van der Waals surface area contributed by atoms with Gasteiger partial charge >= 0.3 is 5.97 Å². The number of unbranched alkanes of at least 4 members (excludes halogenated alkanes) is 14. The van der Waals surface area contributed by atoms with Gasteiger partial charge in [-0.3, -0.25) is 4.79 Å². The summed E-state index contributed by atoms with van der Waals surface area (Å²) in [5, 5.41) is 0.0670. The molecule has 0 amide bonds. The monoisotopic (exact) mass is 530 g/mol. The molecule has 0 aliphatic carbocycles. The summed E-state index contributed by atoms with van der Waals surface area (Å²) in [7, 11) is 0. The van der Waals surface area contributed by atoms with Crippen LogP contribution in [-0.4, -0.2) is 5.97 Å². The van der Waals surface area contributed by atoms with E-state index in [2.05, 4.69) is 6.92 Å². The van der Waals surface area contributed by atoms with E-state index in [1.807, 2.05) is 0 Å². The standard InChI is InChI=1S/C24H35Cl5O2/c1-2-3-4-5-6-7-8-9-10-11-12-13-14-15-16-17-18(30)31-24-22(28)20(26)19(25)21(27)23(24)29/h2-17H2,1H3. The van der Waals surface area contributed by atoms with E-state index in [1.165, 1.54) is 77.0 Å². The maximum absolute atomic E-state index is 12.1. The number of rotatable bonds is 17. The Morgan fingerprint density at radius 2 is 0.871 bits per heavy atom. The topological polar surface area (TPSA) is 26.3 Å². The molecule has 0 aliphatic heterocycles. The molecule has 1 aromatic carbocycles. The molecule has 31 heavy (non-hydrogen) atoms. The van der Waals surface area contributed by atoms with Gasteiger partial charge in [-0.05, 0) is 6.42 Å². The first-order chi connectivity index (χ1) is 14.9. The van der Waals surface area contributed by atoms with Crippen molar-refractivity contribution in [2.75, 3.05) is 0 Å². The second kappa shape index (κ2) is 17.6. The van der Waals surface area contributed by atoms with E-state index in [4.69, 9.17) is 62.7 Å². The number of carbonyl (C=O) groups excluding carboxylic acids is 1. The summed E-state index contributed by atoms with van der Waals surface area (Å²) in [6, 6.07) is 0. The van der Waals surface area contributed by atoms with Crippen LogP contribution in [0.3, 0.4) is 0 Å². The van der Waals surface area contributed by atoms with Crippen LogP contribution in [0, 0.1) is 0 Å². The third kappa shape index (κ3) is 11.7. The molecular formula is C24H35Cl5O2. The lowest BCUT2D eigenvalue weighted by Crippen LogP contribution is -2.08. The smallest absolute Gasteiger partial charge is 0.311 e. The summed E-state index contributed by atoms with van der Waals surface area (Å²) in [6.45, 7) is 2.26. The van der Waals surface area contributed by atoms with E-state index in [1.54, 1.807) is 0 Å². The third-order valence-corrected chi connectivity index (χ3v) is 7.61. The SMILES string of the molecule is CCCCCCCCCCCCCCCCCC(=O)Oc1c(Cl)c(Cl)c(Cl)c(Cl)c1Cl. The average Bonchev–Trinajstić information content (AvgIpc) is 2.76. The summed E-state index contributed by atoms with van der Waals surface area (Å²) in [6.07, 6.45) is 19.4. The molecule has 1 rings (SSSR count). The first-order valence-electron chi connectivity index (χ1n) is 11.6. The van der Waals surface area contributed by atoms with E-state index in [0.29, 0.717) is 6.42 Å². The van der Waals surface area contributed by atoms with Gasteiger partial charge in [-0.25, -0.2) is 0 Å². The van der Waals surface area contributed by atoms with Gasteiger partial charge in [0.05, 0.1) is 15.1 Å². The summed E-state index contributed by atoms with van der Waals surface area (Å²) < 4.78 is 5.28. The molecule has 0 aromatic heterocycles. The molecule has 0 aliphatic rings. The van der Waals surface area contributed by atoms with E-state index in [9.17, 15) is 4.79 Å². The van der Waals surface area contributed by atoms with Gasteiger partial charge in [0.15, 0.2) is 5.75 Å². The summed E-state index contributed by atoms with van der Waals surface area (Å²) >= 11 is 30.1. The van der Waals surface area contributed by atoms with E-state index < -0.39 is 5.97 Å². The molecule has 1 aromatic rings. The Kier molecular flexibility index (Phi) is 16.6. The fraction of sp³-hybridized carbons (Fsp3) is 0.708. The van der Waals surface area contributed by atoms with Crippen LogP contribution in [0.2, 0.25) is 25.1 Å². The quantitative estimate of drug-likeness (QED) is 0.0655. The second-order valence-electron chi connectivity index (χ2n) is 8.07. The number of halogens is 5. The highest BCUT2D eigenvalue weighted by atomic mass is 35.5. The fourth-order valence-electron chi connectivity index (χ4n) is 3.48. The van der Waals surface area contributed by atoms with Crippen molar-refractivity contribution in [3.63, 3.8) is 0 Å². The van der Waals surface area contributed by atoms with Gasteiger partial charge in [-0.1, -0.05) is 155 Å². The Hall–Kier alpha value is 0.140. The van der Waals surface area contributed by atoms with Gasteiger partial charge in [0.2, 0.25) is 0 Å². The second-order valence-corrected chi connectivity index (χ2v) is 9.96. The number of hydrogen-bond acceptors (Lipinski definition) is 2. The molecule has 0 fully saturated rings. The lowest BCUT2D eigenvalue weighted by atomic mass is 10.0. The van der Waals surface area contributed by atoms with Crippen molar-refractivity contribution >= 4 is 64.0 Å². The van der Waals surface area contributed by atoms with Crippen molar-refractivity contribution in [3.8, 4) is 5.75 Å². The van der Waals surface area contributed by atoms with Gasteiger partial charge in [0, 0.05) is 6.42 Å². The molecular weight excluding hydrogens is 498 g/mol. The molecule has 2 nitrogen and oxygen atoms in total. The van der Waals surface area contributed by atoms with Gasteiger partial charge in [0.25, 0.3) is 0 Å². The molecule has 0 heterocycles. The van der Waals surface area contributed by atoms with Gasteiger partial charge in [-0.2, -0.15) is 0 Å². The largest absolute Gasteiger partial charge is 0.423 e. The zero-order chi connectivity index (χ0) is 23.1. The fourth-order valence-corrected chi connectivity index (χ4v) is 4.68. The van der Waals surface area contributed by atoms with Crippen LogP contribution in [0.5, 0.6) is 5.75 Å². The minimum atomic E-state index is -0.409. The van der Waals surface area contributed by atoms with E-state index in [0.717, 1.165) is 19.3 Å². The number of ether oxygens (including phenoxy) is 1. The summed E-state index contributed by atoms with van der Waals surface area (Å²) in [4.78, 5) is 12.1. The first-order valence-corrected chi connectivity index (χ1v) is 13.5. The third-order valence-electron chi connectivity index (χ3n) is 5.37. The summed E-state index contributed by atoms with van der Waals surface area (Å²) in [5.41, 5.74) is 0. The molecule has 7 heteroatoms. The number of carbonyl (C=O) groups is 1. The van der Waals surface area contributed by atoms with Crippen LogP contribution >= 0.6 is 58.0 Å². The van der Waals surface area contributed by atoms with Crippen LogP contribution < -0.4 is 4.74 Å². The molecule has 0 N–H and O–H groups in total. The van der Waals surface area contributed by atoms with Crippen LogP contribution in [0.1, 0.15) is 110 Å². The maximum Gasteiger partial charge on any atom is 0.311 e. The average molecular weight is 533 g/mol. The number of hydrogen-bond donors (Lipinski definition) is 0. The minimum Gasteiger partial charge on any atom is -0.423 e. The predicted octanol–water partition coefficient (Wildman–Crippen LogP) is 11.1. The number of esters is 1. The first kappa shape index (κ1) is 29.2. The van der Waals surface area contributed by atoms with Crippen LogP contribution in [-0.2, 0) is 4.79 Å². The molecule has 0 saturated carbocycles. The maximum atomic E-state index is 12.1. The molecule has 0 bridgehead atoms. The normalized spacial score (nSPS) is 11.2. The number of benzene rings is 1. The van der Waals surface area contributed by atoms with Crippen molar-refractivity contribution in [1.82, 2.24) is 0 Å². The molecule has 0 atom stereocenters. The van der Waals surface area contributed by atoms with Crippen LogP contribution in [0.25, 0.3) is 0 Å². The van der Waals surface area contributed by atoms with Crippen LogP contribution in [0.15, 0.2) is 0 Å². The highest BCUT2D eigenvalue weighted by Crippen LogP contribution is 2.48. The lowest BCUT2D eigenvalue weighted by molar-refractivity contribution is -0.134. The van der Waals surface area contributed by atoms with Crippen molar-refractivity contribution in [1.29, 1.82) is 0 Å². The zero-order valence-electron chi connectivity index (χ0n) is 18.5. The van der Waals surface area contributed by atoms with Crippen molar-refractivity contribution in [2.45, 2.75) is 110 Å². The predicted molar refractivity (Wildman–Crippen MR) is 137 cm³/mol. The Balaban J connectivity index is 2.05. The zero-order valence-corrected chi connectivity index (χ0v) is 22.3. The van der Waals surface area contributed by atoms with Crippen molar-refractivity contribution in [2.24, 2.45) is 0 Å². The van der Waals surface area contributed by atoms with Crippen molar-refractivity contribution < 1.29 is 9.53 Å². The highest BCUT2D eigenvalue weighted by Gasteiger charge is 2.22. The highest BCUT2D eigenvalue weighted by molar-refractivity contribution is 6.55. The Morgan fingerprint density at radius 3 is 1.26 bits per heavy atom. The van der Waals surface area contributed by atoms with Crippen LogP contribution in [0.4, 0.5) is 0 Å². The molecule has 0 unspecified atom stereocenters. The Morgan fingerprint density at radius 1 is 0.548 bits per heavy atom. The minimum absolute atomic E-state index is 0.00842. The van der Waals surface area contributed by atoms with E-state index >= 15 is 0 Å². The van der Waals surface area contributed by atoms with E-state index in [-0.39, 0.29) is 30.9 Å². The molecule has 0 spiro atoms. The molecule has 0 radical (unpaired) electrons. The van der Waals surface area contributed by atoms with Crippen molar-refractivity contribution in [3.05, 3.63) is 25.1 Å². The Bertz CT molecular complexity index is 635. The Labute approximate surface area is 213 Å². The van der Waals surface area contributed by atoms with Gasteiger partial charge in [-0.15, -0.1) is 0 Å². The summed E-state index contributed by atoms with van der Waals surface area (Å²) in [5.74, 6) is -0.443. The van der Waals surface area contributed by atoms with Gasteiger partial charge in [0.1, 0.15) is 10.0 Å². The lowest BCUT2D eigenvalue weighted by Gasteiger charge is -2.12. The molecule has 0 saturated heterocycles.